The van der Waals surface area contributed by atoms with Gasteiger partial charge in [-0.15, -0.1) is 0 Å². The Balaban J connectivity index is 1.56. The van der Waals surface area contributed by atoms with Crippen LogP contribution in [-0.2, 0) is 4.79 Å². The Morgan fingerprint density at radius 3 is 1.65 bits per heavy atom. The third kappa shape index (κ3) is 11.3. The molecule has 1 N–H and O–H groups in total. The van der Waals surface area contributed by atoms with Gasteiger partial charge in [0.2, 0.25) is 5.69 Å². The van der Waals surface area contributed by atoms with Gasteiger partial charge in [0.1, 0.15) is 0 Å². The zero-order chi connectivity index (χ0) is 24.3. The lowest BCUT2D eigenvalue weighted by atomic mass is 9.91. The number of unbranched alkanes of at least 4 members (excludes halogenated alkanes) is 15. The van der Waals surface area contributed by atoms with Crippen LogP contribution in [0.15, 0.2) is 54.9 Å². The second kappa shape index (κ2) is 18.2. The van der Waals surface area contributed by atoms with Crippen LogP contribution >= 0.6 is 0 Å². The van der Waals surface area contributed by atoms with Gasteiger partial charge in [-0.25, -0.2) is 0 Å². The average molecular weight is 467 g/mol. The first-order chi connectivity index (χ1) is 16.7. The normalized spacial score (nSPS) is 12.0. The van der Waals surface area contributed by atoms with Crippen molar-refractivity contribution in [3.63, 3.8) is 0 Å². The van der Waals surface area contributed by atoms with Gasteiger partial charge in [0.05, 0.1) is 5.92 Å². The van der Waals surface area contributed by atoms with E-state index in [1.165, 1.54) is 89.9 Å². The molecule has 2 rings (SSSR count). The van der Waals surface area contributed by atoms with Crippen molar-refractivity contribution in [2.24, 2.45) is 0 Å². The van der Waals surface area contributed by atoms with Crippen LogP contribution in [-0.4, -0.2) is 11.1 Å². The van der Waals surface area contributed by atoms with Crippen molar-refractivity contribution >= 4 is 5.97 Å². The number of carboxylic acids is 1. The fraction of sp³-hybridized carbons (Fsp3) is 0.613. The molecule has 188 valence electrons. The van der Waals surface area contributed by atoms with Crippen molar-refractivity contribution in [1.29, 1.82) is 0 Å². The van der Waals surface area contributed by atoms with Gasteiger partial charge in [-0.3, -0.25) is 4.79 Å². The van der Waals surface area contributed by atoms with Gasteiger partial charge in [-0.1, -0.05) is 134 Å². The van der Waals surface area contributed by atoms with Gasteiger partial charge < -0.3 is 5.11 Å². The summed E-state index contributed by atoms with van der Waals surface area (Å²) in [6, 6.07) is 13.8. The van der Waals surface area contributed by atoms with Gasteiger partial charge >= 0.3 is 5.97 Å². The lowest BCUT2D eigenvalue weighted by Crippen LogP contribution is -2.32. The Morgan fingerprint density at radius 2 is 1.15 bits per heavy atom. The van der Waals surface area contributed by atoms with E-state index in [0.29, 0.717) is 6.42 Å². The Hall–Kier alpha value is -2.16. The van der Waals surface area contributed by atoms with Crippen molar-refractivity contribution in [1.82, 2.24) is 0 Å². The molecule has 0 saturated heterocycles. The molecule has 0 fully saturated rings. The molecule has 1 atom stereocenters. The number of aromatic nitrogens is 1. The predicted molar refractivity (Wildman–Crippen MR) is 143 cm³/mol. The van der Waals surface area contributed by atoms with E-state index in [4.69, 9.17) is 0 Å². The van der Waals surface area contributed by atoms with E-state index in [2.05, 4.69) is 6.92 Å². The SMILES string of the molecule is CCCCCCCCCCCCCCCCCCC(C(=O)O)c1ccccc1-[n+]1ccccc1. The quantitative estimate of drug-likeness (QED) is 0.156. The highest BCUT2D eigenvalue weighted by atomic mass is 16.4. The molecule has 3 heteroatoms. The number of pyridine rings is 1. The lowest BCUT2D eigenvalue weighted by Gasteiger charge is -2.14. The molecule has 0 aliphatic carbocycles. The maximum atomic E-state index is 12.1. The van der Waals surface area contributed by atoms with Crippen LogP contribution in [0.3, 0.4) is 0 Å². The highest BCUT2D eigenvalue weighted by molar-refractivity contribution is 5.77. The summed E-state index contributed by atoms with van der Waals surface area (Å²) in [6.45, 7) is 2.28. The van der Waals surface area contributed by atoms with E-state index in [-0.39, 0.29) is 0 Å². The number of hydrogen-bond acceptors (Lipinski definition) is 1. The fourth-order valence-corrected chi connectivity index (χ4v) is 4.89. The summed E-state index contributed by atoms with van der Waals surface area (Å²) in [4.78, 5) is 12.1. The largest absolute Gasteiger partial charge is 0.481 e. The number of carboxylic acid groups (broad SMARTS) is 1. The van der Waals surface area contributed by atoms with Crippen molar-refractivity contribution in [3.8, 4) is 5.69 Å². The molecule has 0 aliphatic rings. The van der Waals surface area contributed by atoms with Gasteiger partial charge in [-0.05, 0) is 6.42 Å². The van der Waals surface area contributed by atoms with E-state index in [1.807, 2.05) is 59.4 Å². The zero-order valence-electron chi connectivity index (χ0n) is 21.6. The third-order valence-corrected chi connectivity index (χ3v) is 6.95. The molecule has 3 nitrogen and oxygen atoms in total. The molecule has 1 aromatic heterocycles. The molecular formula is C31H48NO2+. The van der Waals surface area contributed by atoms with E-state index < -0.39 is 11.9 Å². The molecule has 0 aliphatic heterocycles. The van der Waals surface area contributed by atoms with Crippen LogP contribution in [0.4, 0.5) is 0 Å². The van der Waals surface area contributed by atoms with Gasteiger partial charge in [0, 0.05) is 23.8 Å². The maximum absolute atomic E-state index is 12.1. The maximum Gasteiger partial charge on any atom is 0.311 e. The molecular weight excluding hydrogens is 418 g/mol. The molecule has 0 amide bonds. The topological polar surface area (TPSA) is 41.2 Å². The van der Waals surface area contributed by atoms with E-state index >= 15 is 0 Å². The minimum Gasteiger partial charge on any atom is -0.481 e. The number of rotatable bonds is 20. The zero-order valence-corrected chi connectivity index (χ0v) is 21.6. The van der Waals surface area contributed by atoms with Crippen LogP contribution in [0.5, 0.6) is 0 Å². The van der Waals surface area contributed by atoms with Crippen LogP contribution in [0.2, 0.25) is 0 Å². The summed E-state index contributed by atoms with van der Waals surface area (Å²) in [5.41, 5.74) is 1.87. The Labute approximate surface area is 208 Å². The van der Waals surface area contributed by atoms with Gasteiger partial charge in [-0.2, -0.15) is 4.57 Å². The van der Waals surface area contributed by atoms with E-state index in [9.17, 15) is 9.90 Å². The van der Waals surface area contributed by atoms with Crippen LogP contribution in [0, 0.1) is 0 Å². The summed E-state index contributed by atoms with van der Waals surface area (Å²) in [5, 5.41) is 9.91. The van der Waals surface area contributed by atoms with Crippen LogP contribution in [0.25, 0.3) is 5.69 Å². The first kappa shape index (κ1) is 28.1. The summed E-state index contributed by atoms with van der Waals surface area (Å²) >= 11 is 0. The Bertz CT molecular complexity index is 774. The fourth-order valence-electron chi connectivity index (χ4n) is 4.89. The number of benzene rings is 1. The molecule has 2 aromatic rings. The molecule has 1 heterocycles. The molecule has 0 saturated carbocycles. The minimum atomic E-state index is -0.718. The molecule has 0 radical (unpaired) electrons. The molecule has 0 bridgehead atoms. The van der Waals surface area contributed by atoms with E-state index in [0.717, 1.165) is 24.1 Å². The minimum absolute atomic E-state index is 0.449. The number of nitrogens with zero attached hydrogens (tertiary/aromatic N) is 1. The van der Waals surface area contributed by atoms with Crippen molar-refractivity contribution in [2.75, 3.05) is 0 Å². The standard InChI is InChI=1S/C31H47NO2/c1-2-3-4-5-6-7-8-9-10-11-12-13-14-15-16-18-24-29(31(33)34)28-23-19-20-25-30(28)32-26-21-17-22-27-32/h17,19-23,25-27,29H,2-16,18,24H2,1H3/p+1. The van der Waals surface area contributed by atoms with Crippen molar-refractivity contribution < 1.29 is 14.5 Å². The number of aliphatic carboxylic acids is 1. The summed E-state index contributed by atoms with van der Waals surface area (Å²) < 4.78 is 2.01. The third-order valence-electron chi connectivity index (χ3n) is 6.95. The van der Waals surface area contributed by atoms with Crippen molar-refractivity contribution in [3.05, 3.63) is 60.4 Å². The molecule has 1 unspecified atom stereocenters. The molecule has 1 aromatic carbocycles. The van der Waals surface area contributed by atoms with Crippen LogP contribution < -0.4 is 4.57 Å². The van der Waals surface area contributed by atoms with Crippen molar-refractivity contribution in [2.45, 2.75) is 122 Å². The first-order valence-electron chi connectivity index (χ1n) is 14.0. The Morgan fingerprint density at radius 1 is 0.676 bits per heavy atom. The highest BCUT2D eigenvalue weighted by Gasteiger charge is 2.25. The van der Waals surface area contributed by atoms with Gasteiger partial charge in [0.15, 0.2) is 12.4 Å². The number of carbonyl (C=O) groups is 1. The highest BCUT2D eigenvalue weighted by Crippen LogP contribution is 2.26. The second-order valence-electron chi connectivity index (χ2n) is 9.82. The summed E-state index contributed by atoms with van der Waals surface area (Å²) in [5.74, 6) is -1.17. The van der Waals surface area contributed by atoms with Gasteiger partial charge in [0.25, 0.3) is 0 Å². The second-order valence-corrected chi connectivity index (χ2v) is 9.82. The molecule has 34 heavy (non-hydrogen) atoms. The van der Waals surface area contributed by atoms with E-state index in [1.54, 1.807) is 0 Å². The summed E-state index contributed by atoms with van der Waals surface area (Å²) in [6.07, 6.45) is 26.0. The summed E-state index contributed by atoms with van der Waals surface area (Å²) in [7, 11) is 0. The number of para-hydroxylation sites is 1. The number of hydrogen-bond donors (Lipinski definition) is 1. The predicted octanol–water partition coefficient (Wildman–Crippen LogP) is 8.78. The first-order valence-corrected chi connectivity index (χ1v) is 14.0. The Kier molecular flexibility index (Phi) is 15.0. The smallest absolute Gasteiger partial charge is 0.311 e. The monoisotopic (exact) mass is 466 g/mol. The average Bonchev–Trinajstić information content (AvgIpc) is 2.86. The lowest BCUT2D eigenvalue weighted by molar-refractivity contribution is -0.596. The van der Waals surface area contributed by atoms with Crippen LogP contribution in [0.1, 0.15) is 128 Å². The molecule has 0 spiro atoms.